The van der Waals surface area contributed by atoms with Crippen LogP contribution in [-0.4, -0.2) is 18.8 Å². The molecule has 2 N–H and O–H groups in total. The highest BCUT2D eigenvalue weighted by atomic mass is 79.9. The molecule has 2 unspecified atom stereocenters. The Morgan fingerprint density at radius 2 is 2.18 bits per heavy atom. The first-order valence-electron chi connectivity index (χ1n) is 6.07. The van der Waals surface area contributed by atoms with Gasteiger partial charge in [0, 0.05) is 29.1 Å². The first-order chi connectivity index (χ1) is 8.24. The van der Waals surface area contributed by atoms with Crippen molar-refractivity contribution in [3.05, 3.63) is 28.2 Å². The molecule has 92 valence electrons. The van der Waals surface area contributed by atoms with Gasteiger partial charge in [0.2, 0.25) is 0 Å². The molecular weight excluding hydrogens is 282 g/mol. The fourth-order valence-electron chi connectivity index (χ4n) is 2.63. The standard InChI is InChI=1S/C13H16BrNO2/c14-8-3-4-11-9(6-8)10(15)7-13(17-11)12-2-1-5-16-12/h3-4,6,10,12-13H,1-2,5,7,15H2/t10-,12?,13?/m1/s1. The third kappa shape index (κ3) is 2.21. The van der Waals surface area contributed by atoms with Crippen LogP contribution in [0.15, 0.2) is 22.7 Å². The maximum Gasteiger partial charge on any atom is 0.127 e. The van der Waals surface area contributed by atoms with Crippen LogP contribution in [0.4, 0.5) is 0 Å². The predicted octanol–water partition coefficient (Wildman–Crippen LogP) is 2.78. The highest BCUT2D eigenvalue weighted by Crippen LogP contribution is 2.37. The fraction of sp³-hybridized carbons (Fsp3) is 0.538. The number of hydrogen-bond donors (Lipinski definition) is 1. The van der Waals surface area contributed by atoms with Crippen molar-refractivity contribution in [3.8, 4) is 5.75 Å². The molecule has 0 aliphatic carbocycles. The Kier molecular flexibility index (Phi) is 3.11. The fourth-order valence-corrected chi connectivity index (χ4v) is 3.01. The molecule has 1 aromatic carbocycles. The summed E-state index contributed by atoms with van der Waals surface area (Å²) in [5.74, 6) is 0.910. The molecular formula is C13H16BrNO2. The van der Waals surface area contributed by atoms with Crippen LogP contribution in [0.5, 0.6) is 5.75 Å². The van der Waals surface area contributed by atoms with Crippen LogP contribution in [0.25, 0.3) is 0 Å². The normalized spacial score (nSPS) is 32.0. The van der Waals surface area contributed by atoms with Crippen LogP contribution in [0.1, 0.15) is 30.9 Å². The van der Waals surface area contributed by atoms with Gasteiger partial charge in [-0.2, -0.15) is 0 Å². The predicted molar refractivity (Wildman–Crippen MR) is 69.1 cm³/mol. The molecule has 1 aromatic rings. The molecule has 0 spiro atoms. The van der Waals surface area contributed by atoms with Crippen molar-refractivity contribution in [2.45, 2.75) is 37.5 Å². The number of hydrogen-bond acceptors (Lipinski definition) is 3. The summed E-state index contributed by atoms with van der Waals surface area (Å²) in [5, 5.41) is 0. The van der Waals surface area contributed by atoms with Crippen LogP contribution >= 0.6 is 15.9 Å². The monoisotopic (exact) mass is 297 g/mol. The average Bonchev–Trinajstić information content (AvgIpc) is 2.83. The average molecular weight is 298 g/mol. The number of ether oxygens (including phenoxy) is 2. The molecule has 3 nitrogen and oxygen atoms in total. The quantitative estimate of drug-likeness (QED) is 0.867. The molecule has 1 saturated heterocycles. The molecule has 2 aliphatic heterocycles. The highest BCUT2D eigenvalue weighted by Gasteiger charge is 2.34. The van der Waals surface area contributed by atoms with Crippen LogP contribution < -0.4 is 10.5 Å². The van der Waals surface area contributed by atoms with Gasteiger partial charge in [-0.25, -0.2) is 0 Å². The SMILES string of the molecule is N[C@@H]1CC(C2CCCO2)Oc2ccc(Br)cc21. The van der Waals surface area contributed by atoms with E-state index in [1.54, 1.807) is 0 Å². The van der Waals surface area contributed by atoms with Crippen LogP contribution in [-0.2, 0) is 4.74 Å². The van der Waals surface area contributed by atoms with Crippen molar-refractivity contribution in [1.29, 1.82) is 0 Å². The Labute approximate surface area is 109 Å². The largest absolute Gasteiger partial charge is 0.487 e. The maximum absolute atomic E-state index is 6.22. The van der Waals surface area contributed by atoms with Gasteiger partial charge in [-0.15, -0.1) is 0 Å². The molecule has 0 bridgehead atoms. The number of nitrogens with two attached hydrogens (primary N) is 1. The third-order valence-corrected chi connectivity index (χ3v) is 4.01. The first kappa shape index (κ1) is 11.5. The number of fused-ring (bicyclic) bond motifs is 1. The second-order valence-corrected chi connectivity index (χ2v) is 5.65. The molecule has 0 aromatic heterocycles. The summed E-state index contributed by atoms with van der Waals surface area (Å²) in [6.45, 7) is 0.854. The van der Waals surface area contributed by atoms with Crippen LogP contribution in [0, 0.1) is 0 Å². The second kappa shape index (κ2) is 4.59. The van der Waals surface area contributed by atoms with E-state index in [0.29, 0.717) is 0 Å². The molecule has 2 heterocycles. The minimum Gasteiger partial charge on any atom is -0.487 e. The van der Waals surface area contributed by atoms with E-state index in [-0.39, 0.29) is 18.2 Å². The minimum absolute atomic E-state index is 0.0467. The van der Waals surface area contributed by atoms with Crippen molar-refractivity contribution < 1.29 is 9.47 Å². The first-order valence-corrected chi connectivity index (χ1v) is 6.86. The summed E-state index contributed by atoms with van der Waals surface area (Å²) < 4.78 is 12.8. The van der Waals surface area contributed by atoms with Gasteiger partial charge in [0.15, 0.2) is 0 Å². The lowest BCUT2D eigenvalue weighted by atomic mass is 9.94. The van der Waals surface area contributed by atoms with E-state index in [9.17, 15) is 0 Å². The van der Waals surface area contributed by atoms with E-state index in [0.717, 1.165) is 41.7 Å². The molecule has 0 radical (unpaired) electrons. The summed E-state index contributed by atoms with van der Waals surface area (Å²) in [5.41, 5.74) is 7.31. The van der Waals surface area contributed by atoms with Crippen molar-refractivity contribution in [2.24, 2.45) is 5.73 Å². The second-order valence-electron chi connectivity index (χ2n) is 4.73. The van der Waals surface area contributed by atoms with E-state index in [1.807, 2.05) is 18.2 Å². The zero-order chi connectivity index (χ0) is 11.8. The maximum atomic E-state index is 6.22. The van der Waals surface area contributed by atoms with Gasteiger partial charge in [0.25, 0.3) is 0 Å². The minimum atomic E-state index is 0.0467. The summed E-state index contributed by atoms with van der Waals surface area (Å²) in [4.78, 5) is 0. The van der Waals surface area contributed by atoms with Gasteiger partial charge >= 0.3 is 0 Å². The topological polar surface area (TPSA) is 44.5 Å². The van der Waals surface area contributed by atoms with E-state index >= 15 is 0 Å². The lowest BCUT2D eigenvalue weighted by molar-refractivity contribution is -0.00196. The van der Waals surface area contributed by atoms with Gasteiger partial charge in [-0.3, -0.25) is 0 Å². The van der Waals surface area contributed by atoms with E-state index in [4.69, 9.17) is 15.2 Å². The molecule has 1 fully saturated rings. The van der Waals surface area contributed by atoms with Gasteiger partial charge < -0.3 is 15.2 Å². The van der Waals surface area contributed by atoms with Crippen molar-refractivity contribution in [3.63, 3.8) is 0 Å². The van der Waals surface area contributed by atoms with E-state index in [1.165, 1.54) is 0 Å². The summed E-state index contributed by atoms with van der Waals surface area (Å²) >= 11 is 3.46. The molecule has 0 saturated carbocycles. The molecule has 4 heteroatoms. The van der Waals surface area contributed by atoms with E-state index < -0.39 is 0 Å². The Bertz CT molecular complexity index is 418. The Balaban J connectivity index is 1.84. The smallest absolute Gasteiger partial charge is 0.127 e. The lowest BCUT2D eigenvalue weighted by Gasteiger charge is -2.33. The Hall–Kier alpha value is -0.580. The van der Waals surface area contributed by atoms with E-state index in [2.05, 4.69) is 15.9 Å². The summed E-state index contributed by atoms with van der Waals surface area (Å²) in [6.07, 6.45) is 3.39. The molecule has 3 atom stereocenters. The molecule has 2 aliphatic rings. The third-order valence-electron chi connectivity index (χ3n) is 3.52. The van der Waals surface area contributed by atoms with Crippen molar-refractivity contribution in [1.82, 2.24) is 0 Å². The van der Waals surface area contributed by atoms with Gasteiger partial charge in [-0.05, 0) is 31.0 Å². The lowest BCUT2D eigenvalue weighted by Crippen LogP contribution is -2.38. The van der Waals surface area contributed by atoms with Crippen LogP contribution in [0.3, 0.4) is 0 Å². The van der Waals surface area contributed by atoms with Gasteiger partial charge in [-0.1, -0.05) is 15.9 Å². The van der Waals surface area contributed by atoms with Crippen molar-refractivity contribution >= 4 is 15.9 Å². The van der Waals surface area contributed by atoms with Crippen LogP contribution in [0.2, 0.25) is 0 Å². The molecule has 17 heavy (non-hydrogen) atoms. The van der Waals surface area contributed by atoms with Gasteiger partial charge in [0.1, 0.15) is 11.9 Å². The zero-order valence-electron chi connectivity index (χ0n) is 9.56. The highest BCUT2D eigenvalue weighted by molar-refractivity contribution is 9.10. The summed E-state index contributed by atoms with van der Waals surface area (Å²) in [7, 11) is 0. The Morgan fingerprint density at radius 1 is 1.29 bits per heavy atom. The zero-order valence-corrected chi connectivity index (χ0v) is 11.2. The molecule has 0 amide bonds. The van der Waals surface area contributed by atoms with Gasteiger partial charge in [0.05, 0.1) is 6.10 Å². The number of benzene rings is 1. The van der Waals surface area contributed by atoms with Crippen molar-refractivity contribution in [2.75, 3.05) is 6.61 Å². The summed E-state index contributed by atoms with van der Waals surface area (Å²) in [6, 6.07) is 6.07. The molecule has 3 rings (SSSR count). The Morgan fingerprint density at radius 3 is 2.94 bits per heavy atom. The number of halogens is 1. The number of rotatable bonds is 1.